The number of hydrogen-bond donors (Lipinski definition) is 1. The number of carbonyl (C=O) groups excluding carboxylic acids is 2. The largest absolute Gasteiger partial charge is 0.497 e. The summed E-state index contributed by atoms with van der Waals surface area (Å²) < 4.78 is 23.2. The lowest BCUT2D eigenvalue weighted by atomic mass is 10.1. The van der Waals surface area contributed by atoms with Crippen LogP contribution >= 0.6 is 0 Å². The van der Waals surface area contributed by atoms with Crippen molar-refractivity contribution >= 4 is 11.9 Å². The van der Waals surface area contributed by atoms with Gasteiger partial charge >= 0.3 is 5.97 Å². The number of carbonyl (C=O) groups is 2. The minimum atomic E-state index is -0.416. The van der Waals surface area contributed by atoms with Crippen LogP contribution in [0.25, 0.3) is 0 Å². The first-order valence-corrected chi connectivity index (χ1v) is 19.3. The fraction of sp³-hybridized carbons (Fsp3) is 0.667. The second-order valence-corrected chi connectivity index (χ2v) is 13.4. The third-order valence-corrected chi connectivity index (χ3v) is 8.92. The lowest BCUT2D eigenvalue weighted by Gasteiger charge is -2.21. The van der Waals surface area contributed by atoms with Crippen LogP contribution in [0.4, 0.5) is 0 Å². The highest BCUT2D eigenvalue weighted by Crippen LogP contribution is 2.18. The van der Waals surface area contributed by atoms with Crippen molar-refractivity contribution in [2.45, 2.75) is 161 Å². The average Bonchev–Trinajstić information content (AvgIpc) is 3.12. The molecule has 1 amide bonds. The minimum Gasteiger partial charge on any atom is -0.497 e. The monoisotopic (exact) mass is 681 g/mol. The standard InChI is InChI=1S/C42H67NO6/c1-4-6-8-10-11-12-13-14-15-17-22-26-41(44)43-38(34-47-32-36-23-19-18-20-24-36)35-49-42(45)31-40(25-21-16-9-7-5-2)48-33-37-27-29-39(46-3)30-28-37/h18-20,23-24,27-30,38,40H,4-17,21-22,25-26,31-35H2,1-3H3,(H,43,44)/t38-,40-/m1/s1. The van der Waals surface area contributed by atoms with Crippen LogP contribution in [0.2, 0.25) is 0 Å². The molecule has 7 nitrogen and oxygen atoms in total. The molecule has 0 heterocycles. The molecule has 0 aliphatic carbocycles. The predicted molar refractivity (Wildman–Crippen MR) is 200 cm³/mol. The second kappa shape index (κ2) is 28.9. The van der Waals surface area contributed by atoms with Crippen molar-refractivity contribution in [3.05, 3.63) is 65.7 Å². The van der Waals surface area contributed by atoms with Crippen LogP contribution in [0.1, 0.15) is 147 Å². The summed E-state index contributed by atoms with van der Waals surface area (Å²) in [6.07, 6.45) is 20.6. The van der Waals surface area contributed by atoms with Crippen LogP contribution in [0.5, 0.6) is 5.75 Å². The van der Waals surface area contributed by atoms with E-state index >= 15 is 0 Å². The van der Waals surface area contributed by atoms with Gasteiger partial charge in [-0.15, -0.1) is 0 Å². The highest BCUT2D eigenvalue weighted by Gasteiger charge is 2.19. The lowest BCUT2D eigenvalue weighted by Crippen LogP contribution is -2.42. The molecule has 2 atom stereocenters. The van der Waals surface area contributed by atoms with Gasteiger partial charge in [-0.2, -0.15) is 0 Å². The molecule has 0 spiro atoms. The molecule has 2 aromatic rings. The van der Waals surface area contributed by atoms with Gasteiger partial charge < -0.3 is 24.3 Å². The Morgan fingerprint density at radius 3 is 1.84 bits per heavy atom. The Hall–Kier alpha value is -2.90. The summed E-state index contributed by atoms with van der Waals surface area (Å²) >= 11 is 0. The molecule has 0 aromatic heterocycles. The molecule has 7 heteroatoms. The number of methoxy groups -OCH3 is 1. The number of ether oxygens (including phenoxy) is 4. The van der Waals surface area contributed by atoms with Gasteiger partial charge in [0.15, 0.2) is 0 Å². The SMILES string of the molecule is CCCCCCCCCCCCCC(=O)N[C@H](COCc1ccccc1)COC(=O)C[C@@H](CCCCCCC)OCc1ccc(OC)cc1. The number of rotatable bonds is 31. The fourth-order valence-corrected chi connectivity index (χ4v) is 5.87. The van der Waals surface area contributed by atoms with Crippen molar-refractivity contribution < 1.29 is 28.5 Å². The fourth-order valence-electron chi connectivity index (χ4n) is 5.87. The zero-order valence-corrected chi connectivity index (χ0v) is 31.1. The molecule has 0 saturated carbocycles. The molecular formula is C42H67NO6. The topological polar surface area (TPSA) is 83.1 Å². The van der Waals surface area contributed by atoms with E-state index in [0.717, 1.165) is 49.0 Å². The van der Waals surface area contributed by atoms with Crippen molar-refractivity contribution in [3.8, 4) is 5.75 Å². The molecule has 49 heavy (non-hydrogen) atoms. The van der Waals surface area contributed by atoms with E-state index in [2.05, 4.69) is 19.2 Å². The predicted octanol–water partition coefficient (Wildman–Crippen LogP) is 10.3. The summed E-state index contributed by atoms with van der Waals surface area (Å²) in [7, 11) is 1.65. The third kappa shape index (κ3) is 22.4. The van der Waals surface area contributed by atoms with Gasteiger partial charge in [-0.1, -0.05) is 153 Å². The van der Waals surface area contributed by atoms with Gasteiger partial charge in [-0.05, 0) is 36.1 Å². The normalized spacial score (nSPS) is 12.4. The molecule has 0 radical (unpaired) electrons. The van der Waals surface area contributed by atoms with Crippen LogP contribution in [0.15, 0.2) is 54.6 Å². The highest BCUT2D eigenvalue weighted by molar-refractivity contribution is 5.76. The zero-order valence-electron chi connectivity index (χ0n) is 31.1. The van der Waals surface area contributed by atoms with Crippen molar-refractivity contribution in [3.63, 3.8) is 0 Å². The first kappa shape index (κ1) is 42.3. The molecule has 1 N–H and O–H groups in total. The maximum absolute atomic E-state index is 13.1. The Morgan fingerprint density at radius 2 is 1.22 bits per heavy atom. The van der Waals surface area contributed by atoms with Gasteiger partial charge in [0.2, 0.25) is 5.91 Å². The van der Waals surface area contributed by atoms with Crippen LogP contribution in [0, 0.1) is 0 Å². The highest BCUT2D eigenvalue weighted by atomic mass is 16.5. The zero-order chi connectivity index (χ0) is 35.2. The number of nitrogens with one attached hydrogen (secondary N) is 1. The maximum Gasteiger partial charge on any atom is 0.308 e. The van der Waals surface area contributed by atoms with Crippen molar-refractivity contribution in [1.82, 2.24) is 5.32 Å². The molecule has 2 rings (SSSR count). The smallest absolute Gasteiger partial charge is 0.308 e. The summed E-state index contributed by atoms with van der Waals surface area (Å²) in [5, 5.41) is 3.07. The van der Waals surface area contributed by atoms with E-state index in [1.54, 1.807) is 7.11 Å². The van der Waals surface area contributed by atoms with E-state index in [1.807, 2.05) is 54.6 Å². The Balaban J connectivity index is 1.82. The lowest BCUT2D eigenvalue weighted by molar-refractivity contribution is -0.149. The van der Waals surface area contributed by atoms with Gasteiger partial charge in [0.25, 0.3) is 0 Å². The molecule has 0 aliphatic rings. The van der Waals surface area contributed by atoms with Crippen LogP contribution in [0.3, 0.4) is 0 Å². The van der Waals surface area contributed by atoms with Crippen LogP contribution in [-0.2, 0) is 37.0 Å². The Kier molecular flexibility index (Phi) is 24.9. The molecule has 0 fully saturated rings. The van der Waals surface area contributed by atoms with E-state index in [4.69, 9.17) is 18.9 Å². The molecule has 0 saturated heterocycles. The number of amides is 1. The molecule has 276 valence electrons. The van der Waals surface area contributed by atoms with Gasteiger partial charge in [0.05, 0.1) is 45.5 Å². The van der Waals surface area contributed by atoms with E-state index < -0.39 is 6.04 Å². The summed E-state index contributed by atoms with van der Waals surface area (Å²) in [5.74, 6) is 0.460. The van der Waals surface area contributed by atoms with Gasteiger partial charge in [-0.3, -0.25) is 9.59 Å². The van der Waals surface area contributed by atoms with E-state index in [-0.39, 0.29) is 37.6 Å². The number of benzene rings is 2. The van der Waals surface area contributed by atoms with Crippen molar-refractivity contribution in [2.75, 3.05) is 20.3 Å². The quantitative estimate of drug-likeness (QED) is 0.0630. The van der Waals surface area contributed by atoms with Crippen molar-refractivity contribution in [1.29, 1.82) is 0 Å². The third-order valence-electron chi connectivity index (χ3n) is 8.92. The summed E-state index contributed by atoms with van der Waals surface area (Å²) in [5.41, 5.74) is 2.09. The van der Waals surface area contributed by atoms with Crippen LogP contribution in [-0.4, -0.2) is 44.3 Å². The molecule has 0 bridgehead atoms. The number of unbranched alkanes of at least 4 members (excludes halogenated alkanes) is 14. The van der Waals surface area contributed by atoms with Gasteiger partial charge in [-0.25, -0.2) is 0 Å². The molecular weight excluding hydrogens is 614 g/mol. The maximum atomic E-state index is 13.1. The first-order chi connectivity index (χ1) is 24.0. The van der Waals surface area contributed by atoms with E-state index in [1.165, 1.54) is 77.0 Å². The number of hydrogen-bond acceptors (Lipinski definition) is 6. The molecule has 0 unspecified atom stereocenters. The Morgan fingerprint density at radius 1 is 0.653 bits per heavy atom. The number of esters is 1. The van der Waals surface area contributed by atoms with Crippen molar-refractivity contribution in [2.24, 2.45) is 0 Å². The Labute approximate surface area is 298 Å². The first-order valence-electron chi connectivity index (χ1n) is 19.3. The van der Waals surface area contributed by atoms with E-state index in [0.29, 0.717) is 19.6 Å². The summed E-state index contributed by atoms with van der Waals surface area (Å²) in [6, 6.07) is 17.3. The van der Waals surface area contributed by atoms with E-state index in [9.17, 15) is 9.59 Å². The average molecular weight is 682 g/mol. The summed E-state index contributed by atoms with van der Waals surface area (Å²) in [4.78, 5) is 26.0. The Bertz CT molecular complexity index is 1080. The van der Waals surface area contributed by atoms with Crippen LogP contribution < -0.4 is 10.1 Å². The molecule has 2 aromatic carbocycles. The van der Waals surface area contributed by atoms with Gasteiger partial charge in [0.1, 0.15) is 12.4 Å². The van der Waals surface area contributed by atoms with Gasteiger partial charge in [0, 0.05) is 6.42 Å². The molecule has 0 aliphatic heterocycles. The second-order valence-electron chi connectivity index (χ2n) is 13.4. The summed E-state index contributed by atoms with van der Waals surface area (Å²) in [6.45, 7) is 5.64. The minimum absolute atomic E-state index is 0.0203.